The lowest BCUT2D eigenvalue weighted by molar-refractivity contribution is 0.0367. The smallest absolute Gasteiger partial charge is 0.148 e. The van der Waals surface area contributed by atoms with Gasteiger partial charge in [-0.1, -0.05) is 6.92 Å². The van der Waals surface area contributed by atoms with Crippen molar-refractivity contribution in [3.63, 3.8) is 0 Å². The Kier molecular flexibility index (Phi) is 4.27. The van der Waals surface area contributed by atoms with Crippen LogP contribution in [0.25, 0.3) is 0 Å². The van der Waals surface area contributed by atoms with Crippen LogP contribution in [0.15, 0.2) is 0 Å². The second kappa shape index (κ2) is 4.86. The fraction of sp³-hybridized carbons (Fsp3) is 1.00. The standard InChI is InChI=1S/C12H26N2O2S/c1-6-12(4)10-14(7-8-17(5,15)16)11(2,3)9-13-12/h13H,6-10H2,1-5H3. The molecule has 1 rings (SSSR count). The summed E-state index contributed by atoms with van der Waals surface area (Å²) in [4.78, 5) is 2.30. The molecule has 0 spiro atoms. The SMILES string of the molecule is CCC1(C)CN(CCS(C)(=O)=O)C(C)(C)CN1. The van der Waals surface area contributed by atoms with E-state index in [4.69, 9.17) is 0 Å². The molecule has 4 nitrogen and oxygen atoms in total. The second-order valence-electron chi connectivity index (χ2n) is 6.13. The van der Waals surface area contributed by atoms with Gasteiger partial charge in [-0.3, -0.25) is 4.90 Å². The van der Waals surface area contributed by atoms with Crippen molar-refractivity contribution in [2.75, 3.05) is 31.6 Å². The van der Waals surface area contributed by atoms with Gasteiger partial charge in [0.15, 0.2) is 0 Å². The quantitative estimate of drug-likeness (QED) is 0.817. The van der Waals surface area contributed by atoms with E-state index in [2.05, 4.69) is 37.9 Å². The van der Waals surface area contributed by atoms with E-state index in [0.29, 0.717) is 6.54 Å². The minimum atomic E-state index is -2.88. The fourth-order valence-electron chi connectivity index (χ4n) is 2.13. The van der Waals surface area contributed by atoms with E-state index in [0.717, 1.165) is 19.5 Å². The number of hydrogen-bond donors (Lipinski definition) is 1. The molecule has 1 fully saturated rings. The minimum absolute atomic E-state index is 0.0272. The lowest BCUT2D eigenvalue weighted by atomic mass is 9.88. The highest BCUT2D eigenvalue weighted by molar-refractivity contribution is 7.90. The van der Waals surface area contributed by atoms with Crippen molar-refractivity contribution >= 4 is 9.84 Å². The molecule has 1 saturated heterocycles. The van der Waals surface area contributed by atoms with Gasteiger partial charge < -0.3 is 5.32 Å². The van der Waals surface area contributed by atoms with Gasteiger partial charge in [0.05, 0.1) is 5.75 Å². The molecule has 1 atom stereocenters. The van der Waals surface area contributed by atoms with Gasteiger partial charge in [0.1, 0.15) is 9.84 Å². The van der Waals surface area contributed by atoms with E-state index in [1.165, 1.54) is 6.26 Å². The van der Waals surface area contributed by atoms with E-state index >= 15 is 0 Å². The van der Waals surface area contributed by atoms with Crippen molar-refractivity contribution in [2.24, 2.45) is 0 Å². The van der Waals surface area contributed by atoms with Crippen molar-refractivity contribution < 1.29 is 8.42 Å². The van der Waals surface area contributed by atoms with E-state index in [1.54, 1.807) is 0 Å². The Morgan fingerprint density at radius 2 is 1.88 bits per heavy atom. The van der Waals surface area contributed by atoms with Gasteiger partial charge in [-0.15, -0.1) is 0 Å². The summed E-state index contributed by atoms with van der Waals surface area (Å²) in [6.07, 6.45) is 2.36. The number of rotatable bonds is 4. The number of nitrogens with zero attached hydrogens (tertiary/aromatic N) is 1. The lowest BCUT2D eigenvalue weighted by Crippen LogP contribution is -2.67. The highest BCUT2D eigenvalue weighted by atomic mass is 32.2. The molecule has 1 aliphatic rings. The molecule has 0 saturated carbocycles. The maximum Gasteiger partial charge on any atom is 0.148 e. The maximum absolute atomic E-state index is 11.3. The zero-order valence-electron chi connectivity index (χ0n) is 11.7. The van der Waals surface area contributed by atoms with Crippen molar-refractivity contribution in [1.29, 1.82) is 0 Å². The van der Waals surface area contributed by atoms with Crippen LogP contribution >= 0.6 is 0 Å². The van der Waals surface area contributed by atoms with Gasteiger partial charge in [0.25, 0.3) is 0 Å². The number of nitrogens with one attached hydrogen (secondary N) is 1. The second-order valence-corrected chi connectivity index (χ2v) is 8.39. The number of hydrogen-bond acceptors (Lipinski definition) is 4. The molecule has 5 heteroatoms. The monoisotopic (exact) mass is 262 g/mol. The molecule has 1 aliphatic heterocycles. The van der Waals surface area contributed by atoms with E-state index in [9.17, 15) is 8.42 Å². The first-order valence-electron chi connectivity index (χ1n) is 6.26. The molecule has 0 aromatic heterocycles. The highest BCUT2D eigenvalue weighted by Crippen LogP contribution is 2.25. The molecule has 102 valence electrons. The molecule has 0 bridgehead atoms. The summed E-state index contributed by atoms with van der Waals surface area (Å²) in [5, 5.41) is 3.57. The van der Waals surface area contributed by atoms with Crippen LogP contribution in [-0.4, -0.2) is 56.0 Å². The molecule has 0 aromatic carbocycles. The van der Waals surface area contributed by atoms with Crippen molar-refractivity contribution in [1.82, 2.24) is 10.2 Å². The molecule has 17 heavy (non-hydrogen) atoms. The number of sulfone groups is 1. The van der Waals surface area contributed by atoms with E-state index in [-0.39, 0.29) is 16.8 Å². The van der Waals surface area contributed by atoms with Gasteiger partial charge in [-0.2, -0.15) is 0 Å². The molecule has 0 aromatic rings. The minimum Gasteiger partial charge on any atom is -0.308 e. The Labute approximate surface area is 106 Å². The van der Waals surface area contributed by atoms with Gasteiger partial charge in [-0.05, 0) is 27.2 Å². The fourth-order valence-corrected chi connectivity index (χ4v) is 2.68. The summed E-state index contributed by atoms with van der Waals surface area (Å²) in [7, 11) is -2.88. The third-order valence-corrected chi connectivity index (χ3v) is 4.78. The zero-order chi connectivity index (χ0) is 13.3. The molecule has 0 aliphatic carbocycles. The number of piperazine rings is 1. The van der Waals surface area contributed by atoms with Crippen LogP contribution in [0.4, 0.5) is 0 Å². The molecule has 1 heterocycles. The predicted molar refractivity (Wildman–Crippen MR) is 72.1 cm³/mol. The van der Waals surface area contributed by atoms with Crippen LogP contribution in [0.2, 0.25) is 0 Å². The van der Waals surface area contributed by atoms with Gasteiger partial charge >= 0.3 is 0 Å². The molecule has 0 amide bonds. The molecule has 0 radical (unpaired) electrons. The Balaban J connectivity index is 2.71. The molecule has 1 unspecified atom stereocenters. The summed E-state index contributed by atoms with van der Waals surface area (Å²) in [5.74, 6) is 0.246. The van der Waals surface area contributed by atoms with Crippen molar-refractivity contribution in [3.8, 4) is 0 Å². The van der Waals surface area contributed by atoms with Crippen LogP contribution in [0.1, 0.15) is 34.1 Å². The average molecular weight is 262 g/mol. The average Bonchev–Trinajstić information content (AvgIpc) is 2.19. The Hall–Kier alpha value is -0.130. The summed E-state index contributed by atoms with van der Waals surface area (Å²) in [5.41, 5.74) is 0.131. The largest absolute Gasteiger partial charge is 0.308 e. The summed E-state index contributed by atoms with van der Waals surface area (Å²) in [6, 6.07) is 0. The first-order chi connectivity index (χ1) is 7.58. The van der Waals surface area contributed by atoms with Gasteiger partial charge in [-0.25, -0.2) is 8.42 Å². The zero-order valence-corrected chi connectivity index (χ0v) is 12.5. The van der Waals surface area contributed by atoms with Crippen LogP contribution < -0.4 is 5.32 Å². The Morgan fingerprint density at radius 3 is 2.35 bits per heavy atom. The molecular weight excluding hydrogens is 236 g/mol. The Bertz CT molecular complexity index is 365. The topological polar surface area (TPSA) is 49.4 Å². The van der Waals surface area contributed by atoms with Crippen LogP contribution in [-0.2, 0) is 9.84 Å². The third kappa shape index (κ3) is 4.23. The van der Waals surface area contributed by atoms with Gasteiger partial charge in [0.2, 0.25) is 0 Å². The van der Waals surface area contributed by atoms with Crippen molar-refractivity contribution in [3.05, 3.63) is 0 Å². The third-order valence-electron chi connectivity index (χ3n) is 3.86. The van der Waals surface area contributed by atoms with Crippen LogP contribution in [0.5, 0.6) is 0 Å². The maximum atomic E-state index is 11.3. The van der Waals surface area contributed by atoms with Crippen molar-refractivity contribution in [2.45, 2.75) is 45.2 Å². The van der Waals surface area contributed by atoms with Crippen LogP contribution in [0, 0.1) is 0 Å². The Morgan fingerprint density at radius 1 is 1.29 bits per heavy atom. The van der Waals surface area contributed by atoms with E-state index < -0.39 is 9.84 Å². The predicted octanol–water partition coefficient (Wildman–Crippen LogP) is 0.884. The van der Waals surface area contributed by atoms with Crippen LogP contribution in [0.3, 0.4) is 0 Å². The summed E-state index contributed by atoms with van der Waals surface area (Å²) < 4.78 is 22.5. The van der Waals surface area contributed by atoms with E-state index in [1.807, 2.05) is 0 Å². The van der Waals surface area contributed by atoms with Gasteiger partial charge in [0, 0.05) is 37.0 Å². The normalized spacial score (nSPS) is 30.4. The molecular formula is C12H26N2O2S. The molecule has 1 N–H and O–H groups in total. The summed E-state index contributed by atoms with van der Waals surface area (Å²) >= 11 is 0. The lowest BCUT2D eigenvalue weighted by Gasteiger charge is -2.50. The summed E-state index contributed by atoms with van der Waals surface area (Å²) in [6.45, 7) is 11.1. The first-order valence-corrected chi connectivity index (χ1v) is 8.32. The first kappa shape index (κ1) is 14.9. The highest BCUT2D eigenvalue weighted by Gasteiger charge is 2.38.